The van der Waals surface area contributed by atoms with Crippen molar-refractivity contribution < 1.29 is 52.4 Å². The summed E-state index contributed by atoms with van der Waals surface area (Å²) >= 11 is 0. The largest absolute Gasteiger partial charge is 1.00 e. The van der Waals surface area contributed by atoms with E-state index in [0.29, 0.717) is 12.8 Å². The molecular weight excluding hydrogens is 219 g/mol. The Morgan fingerprint density at radius 2 is 2.14 bits per heavy atom. The summed E-state index contributed by atoms with van der Waals surface area (Å²) in [5, 5.41) is 9.53. The molecule has 1 saturated carbocycles. The Labute approximate surface area is 106 Å². The van der Waals surface area contributed by atoms with Gasteiger partial charge in [0, 0.05) is 13.5 Å². The molecule has 0 aliphatic heterocycles. The third-order valence-electron chi connectivity index (χ3n) is 2.44. The molecule has 0 spiro atoms. The minimum atomic E-state index is -4.64. The quantitative estimate of drug-likeness (QED) is 0.400. The SMILES string of the molecule is COC1CCCC(O)(S(=O)(=O)[O-])C1.[Na+]. The summed E-state index contributed by atoms with van der Waals surface area (Å²) in [7, 11) is -3.20. The molecule has 0 bridgehead atoms. The van der Waals surface area contributed by atoms with Crippen LogP contribution in [0, 0.1) is 0 Å². The van der Waals surface area contributed by atoms with Crippen LogP contribution in [0.4, 0.5) is 0 Å². The zero-order valence-electron chi connectivity index (χ0n) is 8.39. The van der Waals surface area contributed by atoms with E-state index >= 15 is 0 Å². The molecule has 1 fully saturated rings. The van der Waals surface area contributed by atoms with Crippen LogP contribution >= 0.6 is 0 Å². The van der Waals surface area contributed by atoms with Crippen molar-refractivity contribution in [1.82, 2.24) is 0 Å². The molecule has 0 saturated heterocycles. The zero-order chi connectivity index (χ0) is 10.1. The molecule has 0 aromatic rings. The summed E-state index contributed by atoms with van der Waals surface area (Å²) in [6, 6.07) is 0. The second-order valence-corrected chi connectivity index (χ2v) is 5.02. The van der Waals surface area contributed by atoms with Gasteiger partial charge in [-0.25, -0.2) is 8.42 Å². The maximum atomic E-state index is 10.7. The third-order valence-corrected chi connectivity index (χ3v) is 3.74. The predicted molar refractivity (Wildman–Crippen MR) is 43.9 cm³/mol. The van der Waals surface area contributed by atoms with Crippen LogP contribution in [0.3, 0.4) is 0 Å². The molecule has 2 atom stereocenters. The van der Waals surface area contributed by atoms with Gasteiger partial charge in [0.05, 0.1) is 6.10 Å². The number of rotatable bonds is 2. The molecule has 0 heterocycles. The maximum absolute atomic E-state index is 10.7. The van der Waals surface area contributed by atoms with Gasteiger partial charge in [-0.05, 0) is 19.3 Å². The number of hydrogen-bond acceptors (Lipinski definition) is 5. The molecule has 14 heavy (non-hydrogen) atoms. The minimum absolute atomic E-state index is 0. The second-order valence-electron chi connectivity index (χ2n) is 3.35. The van der Waals surface area contributed by atoms with E-state index in [1.54, 1.807) is 0 Å². The average molecular weight is 232 g/mol. The Morgan fingerprint density at radius 3 is 2.57 bits per heavy atom. The Bertz CT molecular complexity index is 278. The summed E-state index contributed by atoms with van der Waals surface area (Å²) in [4.78, 5) is -2.12. The van der Waals surface area contributed by atoms with Crippen LogP contribution in [0.25, 0.3) is 0 Å². The monoisotopic (exact) mass is 232 g/mol. The second kappa shape index (κ2) is 5.25. The van der Waals surface area contributed by atoms with Gasteiger partial charge in [-0.15, -0.1) is 0 Å². The summed E-state index contributed by atoms with van der Waals surface area (Å²) in [6.07, 6.45) is 0.751. The van der Waals surface area contributed by atoms with Crippen LogP contribution in [0.1, 0.15) is 25.7 Å². The van der Waals surface area contributed by atoms with Crippen molar-refractivity contribution in [3.05, 3.63) is 0 Å². The maximum Gasteiger partial charge on any atom is 1.00 e. The Kier molecular flexibility index (Phi) is 5.56. The molecule has 0 radical (unpaired) electrons. The first-order chi connectivity index (χ1) is 5.89. The van der Waals surface area contributed by atoms with Gasteiger partial charge in [-0.3, -0.25) is 0 Å². The summed E-state index contributed by atoms with van der Waals surface area (Å²) in [5.41, 5.74) is 0. The van der Waals surface area contributed by atoms with Gasteiger partial charge in [0.1, 0.15) is 10.1 Å². The van der Waals surface area contributed by atoms with Crippen molar-refractivity contribution in [1.29, 1.82) is 0 Å². The molecule has 1 aliphatic carbocycles. The van der Waals surface area contributed by atoms with Crippen LogP contribution in [-0.2, 0) is 14.9 Å². The topological polar surface area (TPSA) is 86.7 Å². The first kappa shape index (κ1) is 14.8. The smallest absolute Gasteiger partial charge is 0.746 e. The van der Waals surface area contributed by atoms with Crippen molar-refractivity contribution in [3.63, 3.8) is 0 Å². The Balaban J connectivity index is 0.00000169. The van der Waals surface area contributed by atoms with E-state index < -0.39 is 15.1 Å². The van der Waals surface area contributed by atoms with Crippen molar-refractivity contribution in [2.24, 2.45) is 0 Å². The first-order valence-electron chi connectivity index (χ1n) is 4.10. The van der Waals surface area contributed by atoms with Gasteiger partial charge >= 0.3 is 29.6 Å². The zero-order valence-corrected chi connectivity index (χ0v) is 11.2. The van der Waals surface area contributed by atoms with E-state index in [1.807, 2.05) is 0 Å². The van der Waals surface area contributed by atoms with E-state index in [9.17, 15) is 18.1 Å². The first-order valence-corrected chi connectivity index (χ1v) is 5.50. The van der Waals surface area contributed by atoms with Crippen LogP contribution in [-0.4, -0.2) is 36.2 Å². The molecule has 5 nitrogen and oxygen atoms in total. The van der Waals surface area contributed by atoms with Gasteiger partial charge in [-0.2, -0.15) is 0 Å². The third kappa shape index (κ3) is 3.16. The Hall–Kier alpha value is 0.830. The van der Waals surface area contributed by atoms with E-state index in [-0.39, 0.29) is 48.5 Å². The minimum Gasteiger partial charge on any atom is -0.746 e. The standard InChI is InChI=1S/C7H14O5S.Na/c1-12-6-3-2-4-7(8,5-6)13(9,10)11;/h6,8H,2-5H2,1H3,(H,9,10,11);/q;+1/p-1. The predicted octanol–water partition coefficient (Wildman–Crippen LogP) is -3.19. The van der Waals surface area contributed by atoms with Crippen molar-refractivity contribution in [2.75, 3.05) is 7.11 Å². The van der Waals surface area contributed by atoms with Crippen molar-refractivity contribution >= 4 is 10.1 Å². The number of hydrogen-bond donors (Lipinski definition) is 1. The van der Waals surface area contributed by atoms with E-state index in [1.165, 1.54) is 7.11 Å². The van der Waals surface area contributed by atoms with E-state index in [4.69, 9.17) is 4.74 Å². The molecule has 2 unspecified atom stereocenters. The summed E-state index contributed by atoms with van der Waals surface area (Å²) in [6.45, 7) is 0. The van der Waals surface area contributed by atoms with Crippen molar-refractivity contribution in [2.45, 2.75) is 36.7 Å². The van der Waals surface area contributed by atoms with Gasteiger partial charge in [0.2, 0.25) is 0 Å². The number of aliphatic hydroxyl groups is 1. The fourth-order valence-electron chi connectivity index (χ4n) is 1.59. The summed E-state index contributed by atoms with van der Waals surface area (Å²) < 4.78 is 37.0. The van der Waals surface area contributed by atoms with Gasteiger partial charge in [0.25, 0.3) is 0 Å². The normalized spacial score (nSPS) is 33.5. The average Bonchev–Trinajstić information content (AvgIpc) is 2.02. The summed E-state index contributed by atoms with van der Waals surface area (Å²) in [5.74, 6) is 0. The Morgan fingerprint density at radius 1 is 1.57 bits per heavy atom. The molecule has 0 aromatic carbocycles. The van der Waals surface area contributed by atoms with Gasteiger partial charge in [-0.1, -0.05) is 0 Å². The molecule has 0 aromatic heterocycles. The van der Waals surface area contributed by atoms with E-state index in [2.05, 4.69) is 0 Å². The molecule has 7 heteroatoms. The van der Waals surface area contributed by atoms with Crippen LogP contribution < -0.4 is 29.6 Å². The number of methoxy groups -OCH3 is 1. The molecule has 0 amide bonds. The molecule has 1 aliphatic rings. The molecule has 1 rings (SSSR count). The van der Waals surface area contributed by atoms with Gasteiger partial charge < -0.3 is 14.4 Å². The molecule has 78 valence electrons. The van der Waals surface area contributed by atoms with Crippen LogP contribution in [0.15, 0.2) is 0 Å². The fraction of sp³-hybridized carbons (Fsp3) is 1.00. The fourth-order valence-corrected chi connectivity index (χ4v) is 2.38. The van der Waals surface area contributed by atoms with Crippen LogP contribution in [0.5, 0.6) is 0 Å². The van der Waals surface area contributed by atoms with Crippen molar-refractivity contribution in [3.8, 4) is 0 Å². The number of ether oxygens (including phenoxy) is 1. The molecular formula is C7H13NaO5S. The van der Waals surface area contributed by atoms with Gasteiger partial charge in [0.15, 0.2) is 4.93 Å². The van der Waals surface area contributed by atoms with E-state index in [0.717, 1.165) is 0 Å². The van der Waals surface area contributed by atoms with Crippen LogP contribution in [0.2, 0.25) is 0 Å². The molecule has 1 N–H and O–H groups in total.